The Bertz CT molecular complexity index is 246. The summed E-state index contributed by atoms with van der Waals surface area (Å²) in [6.07, 6.45) is 0. The summed E-state index contributed by atoms with van der Waals surface area (Å²) >= 11 is 5.98. The highest BCUT2D eigenvalue weighted by Crippen LogP contribution is 2.21. The molecule has 0 saturated carbocycles. The smallest absolute Gasteiger partial charge is 0.0456 e. The minimum absolute atomic E-state index is 0.152. The molecule has 0 aliphatic carbocycles. The monoisotopic (exact) mass is 184 g/mol. The molecular weight excluding hydrogens is 172 g/mol. The van der Waals surface area contributed by atoms with Gasteiger partial charge < -0.3 is 11.1 Å². The molecule has 1 aromatic carbocycles. The summed E-state index contributed by atoms with van der Waals surface area (Å²) in [6, 6.07) is 7.88. The topological polar surface area (TPSA) is 38.0 Å². The fraction of sp³-hybridized carbons (Fsp3) is 0.333. The highest BCUT2D eigenvalue weighted by Gasteiger charge is 2.08. The normalized spacial score (nSPS) is 12.9. The van der Waals surface area contributed by atoms with E-state index < -0.39 is 0 Å². The molecule has 3 heteroatoms. The van der Waals surface area contributed by atoms with E-state index >= 15 is 0 Å². The van der Waals surface area contributed by atoms with Crippen molar-refractivity contribution in [2.75, 3.05) is 13.6 Å². The van der Waals surface area contributed by atoms with Gasteiger partial charge in [0, 0.05) is 17.6 Å². The molecule has 1 atom stereocenters. The number of rotatable bonds is 3. The second-order valence-electron chi connectivity index (χ2n) is 2.60. The summed E-state index contributed by atoms with van der Waals surface area (Å²) < 4.78 is 0. The molecule has 2 nitrogen and oxygen atoms in total. The van der Waals surface area contributed by atoms with Crippen molar-refractivity contribution in [3.8, 4) is 0 Å². The minimum Gasteiger partial charge on any atom is -0.329 e. The largest absolute Gasteiger partial charge is 0.329 e. The Labute approximate surface area is 77.7 Å². The first-order valence-corrected chi connectivity index (χ1v) is 4.29. The lowest BCUT2D eigenvalue weighted by molar-refractivity contribution is 0.606. The molecule has 0 unspecified atom stereocenters. The quantitative estimate of drug-likeness (QED) is 0.749. The second-order valence-corrected chi connectivity index (χ2v) is 3.01. The minimum atomic E-state index is 0.152. The molecule has 0 bridgehead atoms. The predicted octanol–water partition coefficient (Wildman–Crippen LogP) is 1.56. The molecule has 12 heavy (non-hydrogen) atoms. The fourth-order valence-corrected chi connectivity index (χ4v) is 1.43. The van der Waals surface area contributed by atoms with Crippen LogP contribution in [0.15, 0.2) is 24.3 Å². The third-order valence-electron chi connectivity index (χ3n) is 1.86. The number of hydrogen-bond donors (Lipinski definition) is 2. The van der Waals surface area contributed by atoms with Gasteiger partial charge >= 0.3 is 0 Å². The highest BCUT2D eigenvalue weighted by molar-refractivity contribution is 6.31. The van der Waals surface area contributed by atoms with Crippen LogP contribution in [0.5, 0.6) is 0 Å². The van der Waals surface area contributed by atoms with E-state index in [1.807, 2.05) is 31.3 Å². The SMILES string of the molecule is CN[C@H](CN)c1ccccc1Cl. The summed E-state index contributed by atoms with van der Waals surface area (Å²) in [6.45, 7) is 0.556. The standard InChI is InChI=1S/C9H13ClN2/c1-12-9(6-11)7-4-2-3-5-8(7)10/h2-5,9,12H,6,11H2,1H3/t9-/m1/s1. The molecule has 1 rings (SSSR count). The van der Waals surface area contributed by atoms with Crippen molar-refractivity contribution >= 4 is 11.6 Å². The molecule has 0 amide bonds. The van der Waals surface area contributed by atoms with E-state index in [4.69, 9.17) is 17.3 Å². The molecule has 1 aromatic rings. The highest BCUT2D eigenvalue weighted by atomic mass is 35.5. The molecule has 0 heterocycles. The average molecular weight is 185 g/mol. The first-order valence-electron chi connectivity index (χ1n) is 3.91. The molecule has 3 N–H and O–H groups in total. The molecule has 0 aliphatic heterocycles. The van der Waals surface area contributed by atoms with Gasteiger partial charge in [-0.3, -0.25) is 0 Å². The lowest BCUT2D eigenvalue weighted by atomic mass is 10.1. The van der Waals surface area contributed by atoms with Crippen LogP contribution in [0.2, 0.25) is 5.02 Å². The van der Waals surface area contributed by atoms with Gasteiger partial charge in [-0.05, 0) is 18.7 Å². The van der Waals surface area contributed by atoms with Crippen LogP contribution in [0, 0.1) is 0 Å². The fourth-order valence-electron chi connectivity index (χ4n) is 1.16. The third kappa shape index (κ3) is 1.97. The van der Waals surface area contributed by atoms with E-state index in [0.717, 1.165) is 10.6 Å². The van der Waals surface area contributed by atoms with E-state index in [0.29, 0.717) is 6.54 Å². The average Bonchev–Trinajstić information content (AvgIpc) is 2.10. The first-order chi connectivity index (χ1) is 5.79. The maximum atomic E-state index is 5.98. The Hall–Kier alpha value is -0.570. The van der Waals surface area contributed by atoms with Gasteiger partial charge in [-0.2, -0.15) is 0 Å². The molecule has 0 spiro atoms. The zero-order chi connectivity index (χ0) is 8.97. The number of nitrogens with two attached hydrogens (primary N) is 1. The number of benzene rings is 1. The summed E-state index contributed by atoms with van der Waals surface area (Å²) in [5, 5.41) is 3.87. The Balaban J connectivity index is 2.92. The van der Waals surface area contributed by atoms with Gasteiger partial charge in [0.1, 0.15) is 0 Å². The molecule has 0 aliphatic rings. The van der Waals surface area contributed by atoms with Crippen LogP contribution in [0.1, 0.15) is 11.6 Å². The van der Waals surface area contributed by atoms with Gasteiger partial charge in [-0.1, -0.05) is 29.8 Å². The number of likely N-dealkylation sites (N-methyl/N-ethyl adjacent to an activating group) is 1. The summed E-state index contributed by atoms with van der Waals surface area (Å²) in [5.41, 5.74) is 6.62. The van der Waals surface area contributed by atoms with Crippen molar-refractivity contribution in [1.29, 1.82) is 0 Å². The summed E-state index contributed by atoms with van der Waals surface area (Å²) in [4.78, 5) is 0. The molecule has 0 aromatic heterocycles. The van der Waals surface area contributed by atoms with Crippen molar-refractivity contribution in [2.24, 2.45) is 5.73 Å². The van der Waals surface area contributed by atoms with Gasteiger partial charge in [0.15, 0.2) is 0 Å². The summed E-state index contributed by atoms with van der Waals surface area (Å²) in [7, 11) is 1.88. The maximum Gasteiger partial charge on any atom is 0.0456 e. The van der Waals surface area contributed by atoms with Gasteiger partial charge in [0.25, 0.3) is 0 Å². The number of nitrogens with one attached hydrogen (secondary N) is 1. The molecule has 66 valence electrons. The third-order valence-corrected chi connectivity index (χ3v) is 2.21. The van der Waals surface area contributed by atoms with Crippen molar-refractivity contribution in [2.45, 2.75) is 6.04 Å². The van der Waals surface area contributed by atoms with Gasteiger partial charge in [0.05, 0.1) is 0 Å². The van der Waals surface area contributed by atoms with Crippen molar-refractivity contribution in [3.63, 3.8) is 0 Å². The lowest BCUT2D eigenvalue weighted by Gasteiger charge is -2.14. The van der Waals surface area contributed by atoms with Crippen LogP contribution in [0.25, 0.3) is 0 Å². The van der Waals surface area contributed by atoms with Crippen LogP contribution < -0.4 is 11.1 Å². The lowest BCUT2D eigenvalue weighted by Crippen LogP contribution is -2.24. The Morgan fingerprint density at radius 1 is 1.50 bits per heavy atom. The predicted molar refractivity (Wildman–Crippen MR) is 52.3 cm³/mol. The Kier molecular flexibility index (Phi) is 3.53. The van der Waals surface area contributed by atoms with Gasteiger partial charge in [0.2, 0.25) is 0 Å². The van der Waals surface area contributed by atoms with Crippen LogP contribution in [0.4, 0.5) is 0 Å². The van der Waals surface area contributed by atoms with E-state index in [1.54, 1.807) is 0 Å². The summed E-state index contributed by atoms with van der Waals surface area (Å²) in [5.74, 6) is 0. The van der Waals surface area contributed by atoms with Crippen LogP contribution in [-0.4, -0.2) is 13.6 Å². The first kappa shape index (κ1) is 9.52. The molecule has 0 radical (unpaired) electrons. The van der Waals surface area contributed by atoms with Crippen molar-refractivity contribution < 1.29 is 0 Å². The molecule has 0 fully saturated rings. The Morgan fingerprint density at radius 3 is 2.67 bits per heavy atom. The zero-order valence-electron chi connectivity index (χ0n) is 7.05. The molecular formula is C9H13ClN2. The molecule has 0 saturated heterocycles. The van der Waals surface area contributed by atoms with Crippen molar-refractivity contribution in [3.05, 3.63) is 34.9 Å². The van der Waals surface area contributed by atoms with Crippen LogP contribution in [-0.2, 0) is 0 Å². The zero-order valence-corrected chi connectivity index (χ0v) is 7.81. The van der Waals surface area contributed by atoms with E-state index in [1.165, 1.54) is 0 Å². The second kappa shape index (κ2) is 4.45. The van der Waals surface area contributed by atoms with Gasteiger partial charge in [-0.15, -0.1) is 0 Å². The van der Waals surface area contributed by atoms with E-state index in [9.17, 15) is 0 Å². The van der Waals surface area contributed by atoms with Gasteiger partial charge in [-0.25, -0.2) is 0 Å². The number of halogens is 1. The van der Waals surface area contributed by atoms with Crippen molar-refractivity contribution in [1.82, 2.24) is 5.32 Å². The van der Waals surface area contributed by atoms with Crippen LogP contribution in [0.3, 0.4) is 0 Å². The maximum absolute atomic E-state index is 5.98. The van der Waals surface area contributed by atoms with Crippen LogP contribution >= 0.6 is 11.6 Å². The number of hydrogen-bond acceptors (Lipinski definition) is 2. The Morgan fingerprint density at radius 2 is 2.17 bits per heavy atom. The van der Waals surface area contributed by atoms with E-state index in [2.05, 4.69) is 5.32 Å². The van der Waals surface area contributed by atoms with E-state index in [-0.39, 0.29) is 6.04 Å².